The van der Waals surface area contributed by atoms with Gasteiger partial charge in [-0.3, -0.25) is 4.79 Å². The number of hydrogen-bond acceptors (Lipinski definition) is 6. The van der Waals surface area contributed by atoms with Crippen molar-refractivity contribution in [1.29, 1.82) is 0 Å². The Kier molecular flexibility index (Phi) is 9.48. The zero-order chi connectivity index (χ0) is 27.6. The molecule has 0 saturated carbocycles. The molecule has 0 spiro atoms. The number of rotatable bonds is 10. The molecule has 7 nitrogen and oxygen atoms in total. The Balaban J connectivity index is 1.35. The summed E-state index contributed by atoms with van der Waals surface area (Å²) in [5.74, 6) is 0.711. The number of carbonyl (C=O) groups is 2. The molecule has 39 heavy (non-hydrogen) atoms. The first-order valence-corrected chi connectivity index (χ1v) is 13.1. The van der Waals surface area contributed by atoms with Crippen LogP contribution in [0.1, 0.15) is 44.3 Å². The van der Waals surface area contributed by atoms with Crippen molar-refractivity contribution in [2.75, 3.05) is 6.61 Å². The fourth-order valence-corrected chi connectivity index (χ4v) is 3.88. The van der Waals surface area contributed by atoms with Crippen LogP contribution in [0.2, 0.25) is 0 Å². The Morgan fingerprint density at radius 3 is 2.15 bits per heavy atom. The molecule has 4 rings (SSSR count). The summed E-state index contributed by atoms with van der Waals surface area (Å²) in [7, 11) is 0. The number of esters is 1. The van der Waals surface area contributed by atoms with Gasteiger partial charge in [0.05, 0.1) is 18.4 Å². The third-order valence-corrected chi connectivity index (χ3v) is 6.08. The van der Waals surface area contributed by atoms with Crippen molar-refractivity contribution in [2.45, 2.75) is 20.5 Å². The number of ether oxygens (including phenoxy) is 3. The van der Waals surface area contributed by atoms with Gasteiger partial charge in [-0.15, -0.1) is 0 Å². The lowest BCUT2D eigenvalue weighted by molar-refractivity contribution is 0.0734. The summed E-state index contributed by atoms with van der Waals surface area (Å²) in [6, 6.07) is 26.7. The van der Waals surface area contributed by atoms with Gasteiger partial charge in [0.15, 0.2) is 0 Å². The van der Waals surface area contributed by atoms with Crippen LogP contribution in [0.5, 0.6) is 17.2 Å². The lowest BCUT2D eigenvalue weighted by atomic mass is 10.2. The first-order valence-electron chi connectivity index (χ1n) is 12.3. The Bertz CT molecular complexity index is 1450. The highest BCUT2D eigenvalue weighted by Crippen LogP contribution is 2.23. The van der Waals surface area contributed by atoms with Crippen LogP contribution in [0.15, 0.2) is 101 Å². The van der Waals surface area contributed by atoms with Crippen LogP contribution >= 0.6 is 15.9 Å². The van der Waals surface area contributed by atoms with Crippen LogP contribution < -0.4 is 19.6 Å². The van der Waals surface area contributed by atoms with E-state index in [0.29, 0.717) is 47.2 Å². The summed E-state index contributed by atoms with van der Waals surface area (Å²) in [5.41, 5.74) is 6.06. The molecule has 0 unspecified atom stereocenters. The molecule has 0 radical (unpaired) electrons. The predicted molar refractivity (Wildman–Crippen MR) is 154 cm³/mol. The quantitative estimate of drug-likeness (QED) is 0.0964. The van der Waals surface area contributed by atoms with Gasteiger partial charge < -0.3 is 14.2 Å². The third kappa shape index (κ3) is 8.02. The van der Waals surface area contributed by atoms with Gasteiger partial charge in [0, 0.05) is 15.6 Å². The Labute approximate surface area is 235 Å². The van der Waals surface area contributed by atoms with Gasteiger partial charge in [0.25, 0.3) is 5.91 Å². The molecule has 0 aliphatic heterocycles. The number of halogens is 1. The molecule has 0 aliphatic rings. The zero-order valence-electron chi connectivity index (χ0n) is 21.5. The van der Waals surface area contributed by atoms with Crippen LogP contribution in [0.25, 0.3) is 0 Å². The van der Waals surface area contributed by atoms with Crippen LogP contribution in [-0.4, -0.2) is 24.7 Å². The number of nitrogens with one attached hydrogen (secondary N) is 1. The van der Waals surface area contributed by atoms with Crippen molar-refractivity contribution < 1.29 is 23.8 Å². The second-order valence-electron chi connectivity index (χ2n) is 8.53. The minimum absolute atomic E-state index is 0.296. The van der Waals surface area contributed by atoms with E-state index in [4.69, 9.17) is 14.2 Å². The van der Waals surface area contributed by atoms with E-state index in [-0.39, 0.29) is 5.91 Å². The summed E-state index contributed by atoms with van der Waals surface area (Å²) in [5, 5.41) is 4.05. The van der Waals surface area contributed by atoms with Gasteiger partial charge in [0.1, 0.15) is 23.9 Å². The average Bonchev–Trinajstić information content (AvgIpc) is 2.95. The van der Waals surface area contributed by atoms with Crippen molar-refractivity contribution >= 4 is 34.0 Å². The maximum absolute atomic E-state index is 12.7. The lowest BCUT2D eigenvalue weighted by Crippen LogP contribution is -2.17. The summed E-state index contributed by atoms with van der Waals surface area (Å²) in [6.45, 7) is 4.90. The highest BCUT2D eigenvalue weighted by Gasteiger charge is 2.12. The van der Waals surface area contributed by atoms with Gasteiger partial charge in [0.2, 0.25) is 0 Å². The molecule has 0 heterocycles. The van der Waals surface area contributed by atoms with E-state index in [1.807, 2.05) is 38.1 Å². The van der Waals surface area contributed by atoms with Crippen molar-refractivity contribution in [3.8, 4) is 17.2 Å². The first kappa shape index (κ1) is 27.6. The summed E-state index contributed by atoms with van der Waals surface area (Å²) in [4.78, 5) is 25.2. The Morgan fingerprint density at radius 2 is 1.49 bits per heavy atom. The Hall–Kier alpha value is -4.43. The van der Waals surface area contributed by atoms with Crippen LogP contribution in [0.3, 0.4) is 0 Å². The number of benzene rings is 4. The number of amides is 1. The van der Waals surface area contributed by atoms with Crippen molar-refractivity contribution in [1.82, 2.24) is 5.43 Å². The highest BCUT2D eigenvalue weighted by atomic mass is 79.9. The molecule has 0 atom stereocenters. The van der Waals surface area contributed by atoms with E-state index in [1.54, 1.807) is 66.7 Å². The normalized spacial score (nSPS) is 10.7. The molecule has 0 aromatic heterocycles. The van der Waals surface area contributed by atoms with E-state index in [1.165, 1.54) is 11.8 Å². The van der Waals surface area contributed by atoms with Gasteiger partial charge in [-0.25, -0.2) is 10.2 Å². The Morgan fingerprint density at radius 1 is 0.846 bits per heavy atom. The molecular weight excluding hydrogens is 560 g/mol. The number of hydrogen-bond donors (Lipinski definition) is 1. The zero-order valence-corrected chi connectivity index (χ0v) is 23.1. The smallest absolute Gasteiger partial charge is 0.343 e. The molecule has 198 valence electrons. The number of aryl methyl sites for hydroxylation is 1. The van der Waals surface area contributed by atoms with Gasteiger partial charge in [-0.1, -0.05) is 45.8 Å². The van der Waals surface area contributed by atoms with E-state index >= 15 is 0 Å². The van der Waals surface area contributed by atoms with Crippen molar-refractivity contribution in [3.05, 3.63) is 123 Å². The van der Waals surface area contributed by atoms with E-state index in [0.717, 1.165) is 10.0 Å². The fourth-order valence-electron chi connectivity index (χ4n) is 3.50. The minimum Gasteiger partial charge on any atom is -0.494 e. The van der Waals surface area contributed by atoms with E-state index < -0.39 is 5.97 Å². The van der Waals surface area contributed by atoms with Crippen molar-refractivity contribution in [2.24, 2.45) is 5.10 Å². The summed E-state index contributed by atoms with van der Waals surface area (Å²) < 4.78 is 17.6. The molecule has 4 aromatic carbocycles. The maximum atomic E-state index is 12.7. The molecule has 0 saturated heterocycles. The van der Waals surface area contributed by atoms with E-state index in [2.05, 4.69) is 26.5 Å². The molecule has 4 aromatic rings. The SMILES string of the molecule is CCOc1ccc(C(=O)Oc2ccc(Br)cc2C=NNC(=O)c2ccc(OCc3ccc(C)cc3)cc2)cc1. The minimum atomic E-state index is -0.524. The molecule has 0 fully saturated rings. The second-order valence-corrected chi connectivity index (χ2v) is 9.44. The van der Waals surface area contributed by atoms with Gasteiger partial charge in [-0.05, 0) is 86.1 Å². The monoisotopic (exact) mass is 586 g/mol. The maximum Gasteiger partial charge on any atom is 0.343 e. The lowest BCUT2D eigenvalue weighted by Gasteiger charge is -2.09. The van der Waals surface area contributed by atoms with Crippen LogP contribution in [0, 0.1) is 6.92 Å². The van der Waals surface area contributed by atoms with Crippen LogP contribution in [0.4, 0.5) is 0 Å². The molecular formula is C31H27BrN2O5. The molecule has 0 aliphatic carbocycles. The van der Waals surface area contributed by atoms with Gasteiger partial charge in [-0.2, -0.15) is 5.10 Å². The first-order chi connectivity index (χ1) is 18.9. The predicted octanol–water partition coefficient (Wildman–Crippen LogP) is 6.72. The molecule has 1 amide bonds. The largest absolute Gasteiger partial charge is 0.494 e. The average molecular weight is 587 g/mol. The topological polar surface area (TPSA) is 86.2 Å². The molecule has 8 heteroatoms. The summed E-state index contributed by atoms with van der Waals surface area (Å²) >= 11 is 3.41. The number of carbonyl (C=O) groups excluding carboxylic acids is 2. The summed E-state index contributed by atoms with van der Waals surface area (Å²) in [6.07, 6.45) is 1.42. The third-order valence-electron chi connectivity index (χ3n) is 5.59. The van der Waals surface area contributed by atoms with Crippen molar-refractivity contribution in [3.63, 3.8) is 0 Å². The molecule has 1 N–H and O–H groups in total. The van der Waals surface area contributed by atoms with E-state index in [9.17, 15) is 9.59 Å². The number of nitrogens with zero attached hydrogens (tertiary/aromatic N) is 1. The standard InChI is InChI=1S/C31H27BrN2O5/c1-3-37-27-15-10-24(11-16-27)31(36)39-29-17-12-26(32)18-25(29)19-33-34-30(35)23-8-13-28(14-9-23)38-20-22-6-4-21(2)5-7-22/h4-19H,3,20H2,1-2H3,(H,34,35). The molecule has 0 bridgehead atoms. The van der Waals surface area contributed by atoms with Gasteiger partial charge >= 0.3 is 5.97 Å². The number of hydrazone groups is 1. The fraction of sp³-hybridized carbons (Fsp3) is 0.129. The highest BCUT2D eigenvalue weighted by molar-refractivity contribution is 9.10. The second kappa shape index (κ2) is 13.4. The van der Waals surface area contributed by atoms with Crippen LogP contribution in [-0.2, 0) is 6.61 Å².